The van der Waals surface area contributed by atoms with E-state index in [9.17, 15) is 0 Å². The van der Waals surface area contributed by atoms with Crippen molar-refractivity contribution in [3.05, 3.63) is 18.3 Å². The van der Waals surface area contributed by atoms with Gasteiger partial charge in [-0.15, -0.1) is 0 Å². The second kappa shape index (κ2) is 4.49. The molecule has 82 valence electrons. The smallest absolute Gasteiger partial charge is 0.128 e. The van der Waals surface area contributed by atoms with E-state index in [1.165, 1.54) is 6.42 Å². The van der Waals surface area contributed by atoms with Crippen LogP contribution in [0.4, 0.5) is 11.5 Å². The Balaban J connectivity index is 1.94. The number of hydrogen-bond donors (Lipinski definition) is 1. The molecule has 4 heteroatoms. The van der Waals surface area contributed by atoms with Crippen molar-refractivity contribution in [3.8, 4) is 0 Å². The summed E-state index contributed by atoms with van der Waals surface area (Å²) >= 11 is 0. The molecule has 0 aromatic carbocycles. The van der Waals surface area contributed by atoms with Gasteiger partial charge in [0.2, 0.25) is 0 Å². The van der Waals surface area contributed by atoms with Crippen molar-refractivity contribution in [2.75, 3.05) is 30.8 Å². The lowest BCUT2D eigenvalue weighted by Crippen LogP contribution is -2.29. The van der Waals surface area contributed by atoms with Crippen molar-refractivity contribution in [2.24, 2.45) is 0 Å². The van der Waals surface area contributed by atoms with Gasteiger partial charge in [-0.05, 0) is 25.0 Å². The van der Waals surface area contributed by atoms with E-state index < -0.39 is 0 Å². The van der Waals surface area contributed by atoms with Gasteiger partial charge in [-0.2, -0.15) is 0 Å². The van der Waals surface area contributed by atoms with E-state index in [-0.39, 0.29) is 0 Å². The van der Waals surface area contributed by atoms with Crippen LogP contribution < -0.4 is 10.6 Å². The summed E-state index contributed by atoms with van der Waals surface area (Å²) in [6.07, 6.45) is 4.36. The fourth-order valence-corrected chi connectivity index (χ4v) is 1.81. The van der Waals surface area contributed by atoms with Crippen molar-refractivity contribution in [2.45, 2.75) is 18.9 Å². The Morgan fingerprint density at radius 3 is 3.07 bits per heavy atom. The largest absolute Gasteiger partial charge is 0.397 e. The van der Waals surface area contributed by atoms with Crippen LogP contribution in [-0.4, -0.2) is 31.3 Å². The first-order valence-corrected chi connectivity index (χ1v) is 5.30. The molecule has 0 amide bonds. The summed E-state index contributed by atoms with van der Waals surface area (Å²) in [4.78, 5) is 6.37. The van der Waals surface area contributed by atoms with Crippen LogP contribution in [0, 0.1) is 0 Å². The molecule has 15 heavy (non-hydrogen) atoms. The Hall–Kier alpha value is -1.29. The molecule has 1 aromatic rings. The fraction of sp³-hybridized carbons (Fsp3) is 0.545. The summed E-state index contributed by atoms with van der Waals surface area (Å²) < 4.78 is 5.57. The lowest BCUT2D eigenvalue weighted by Gasteiger charge is -2.21. The normalized spacial score (nSPS) is 20.5. The predicted molar refractivity (Wildman–Crippen MR) is 60.9 cm³/mol. The van der Waals surface area contributed by atoms with Gasteiger partial charge in [0, 0.05) is 20.2 Å². The Kier molecular flexibility index (Phi) is 3.06. The van der Waals surface area contributed by atoms with Crippen molar-refractivity contribution >= 4 is 11.5 Å². The third-order valence-electron chi connectivity index (χ3n) is 2.66. The number of ether oxygens (including phenoxy) is 1. The van der Waals surface area contributed by atoms with E-state index in [4.69, 9.17) is 10.5 Å². The zero-order valence-electron chi connectivity index (χ0n) is 9.02. The molecule has 1 aliphatic heterocycles. The number of aromatic nitrogens is 1. The highest BCUT2D eigenvalue weighted by atomic mass is 16.5. The van der Waals surface area contributed by atoms with Crippen LogP contribution in [0.15, 0.2) is 18.3 Å². The average molecular weight is 207 g/mol. The van der Waals surface area contributed by atoms with Gasteiger partial charge in [-0.1, -0.05) is 0 Å². The van der Waals surface area contributed by atoms with Gasteiger partial charge < -0.3 is 15.4 Å². The zero-order valence-corrected chi connectivity index (χ0v) is 9.02. The molecule has 2 heterocycles. The molecule has 1 unspecified atom stereocenters. The summed E-state index contributed by atoms with van der Waals surface area (Å²) in [5, 5.41) is 0. The number of hydrogen-bond acceptors (Lipinski definition) is 4. The van der Waals surface area contributed by atoms with Gasteiger partial charge in [0.1, 0.15) is 5.82 Å². The first-order chi connectivity index (χ1) is 7.25. The molecule has 0 radical (unpaired) electrons. The number of nitrogens with zero attached hydrogens (tertiary/aromatic N) is 2. The zero-order chi connectivity index (χ0) is 10.7. The minimum atomic E-state index is 0.356. The Bertz CT molecular complexity index is 306. The van der Waals surface area contributed by atoms with Crippen LogP contribution >= 0.6 is 0 Å². The van der Waals surface area contributed by atoms with Crippen molar-refractivity contribution in [1.29, 1.82) is 0 Å². The molecule has 0 aliphatic carbocycles. The molecule has 1 saturated heterocycles. The Morgan fingerprint density at radius 2 is 2.47 bits per heavy atom. The van der Waals surface area contributed by atoms with Crippen molar-refractivity contribution < 1.29 is 4.74 Å². The highest BCUT2D eigenvalue weighted by Gasteiger charge is 2.17. The van der Waals surface area contributed by atoms with Crippen LogP contribution in [0.1, 0.15) is 12.8 Å². The second-order valence-electron chi connectivity index (χ2n) is 3.97. The highest BCUT2D eigenvalue weighted by molar-refractivity contribution is 5.45. The molecular formula is C11H17N3O. The number of pyridine rings is 1. The first-order valence-electron chi connectivity index (χ1n) is 5.30. The number of anilines is 2. The number of likely N-dealkylation sites (N-methyl/N-ethyl adjacent to an activating group) is 1. The van der Waals surface area contributed by atoms with Crippen LogP contribution in [0.3, 0.4) is 0 Å². The van der Waals surface area contributed by atoms with Crippen LogP contribution in [0.5, 0.6) is 0 Å². The van der Waals surface area contributed by atoms with E-state index in [0.717, 1.165) is 25.4 Å². The predicted octanol–water partition coefficient (Wildman–Crippen LogP) is 1.28. The van der Waals surface area contributed by atoms with Gasteiger partial charge in [0.25, 0.3) is 0 Å². The van der Waals surface area contributed by atoms with Gasteiger partial charge >= 0.3 is 0 Å². The van der Waals surface area contributed by atoms with Crippen molar-refractivity contribution in [1.82, 2.24) is 4.98 Å². The highest BCUT2D eigenvalue weighted by Crippen LogP contribution is 2.16. The monoisotopic (exact) mass is 207 g/mol. The second-order valence-corrected chi connectivity index (χ2v) is 3.97. The minimum Gasteiger partial charge on any atom is -0.397 e. The van der Waals surface area contributed by atoms with Crippen LogP contribution in [-0.2, 0) is 4.74 Å². The van der Waals surface area contributed by atoms with E-state index in [1.807, 2.05) is 19.2 Å². The van der Waals surface area contributed by atoms with Crippen LogP contribution in [0.2, 0.25) is 0 Å². The summed E-state index contributed by atoms with van der Waals surface area (Å²) in [6, 6.07) is 3.80. The average Bonchev–Trinajstić information content (AvgIpc) is 2.71. The summed E-state index contributed by atoms with van der Waals surface area (Å²) in [7, 11) is 2.03. The first kappa shape index (κ1) is 10.2. The molecule has 4 nitrogen and oxygen atoms in total. The molecular weight excluding hydrogens is 190 g/mol. The molecule has 1 fully saturated rings. The number of nitrogens with two attached hydrogens (primary N) is 1. The van der Waals surface area contributed by atoms with Gasteiger partial charge in [0.15, 0.2) is 0 Å². The molecule has 0 bridgehead atoms. The number of rotatable bonds is 3. The SMILES string of the molecule is CN(CC1CCCO1)c1ccc(N)cn1. The molecule has 2 rings (SSSR count). The van der Waals surface area contributed by atoms with E-state index >= 15 is 0 Å². The molecule has 0 spiro atoms. The topological polar surface area (TPSA) is 51.4 Å². The quantitative estimate of drug-likeness (QED) is 0.811. The van der Waals surface area contributed by atoms with Crippen LogP contribution in [0.25, 0.3) is 0 Å². The van der Waals surface area contributed by atoms with Gasteiger partial charge in [-0.3, -0.25) is 0 Å². The number of nitrogen functional groups attached to an aromatic ring is 1. The lowest BCUT2D eigenvalue weighted by molar-refractivity contribution is 0.116. The van der Waals surface area contributed by atoms with Gasteiger partial charge in [0.05, 0.1) is 18.0 Å². The molecule has 0 saturated carbocycles. The maximum absolute atomic E-state index is 5.58. The maximum Gasteiger partial charge on any atom is 0.128 e. The molecule has 1 aliphatic rings. The summed E-state index contributed by atoms with van der Waals surface area (Å²) in [5.74, 6) is 0.944. The Morgan fingerprint density at radius 1 is 1.60 bits per heavy atom. The van der Waals surface area contributed by atoms with Crippen molar-refractivity contribution in [3.63, 3.8) is 0 Å². The summed E-state index contributed by atoms with van der Waals surface area (Å²) in [5.41, 5.74) is 6.28. The van der Waals surface area contributed by atoms with Gasteiger partial charge in [-0.25, -0.2) is 4.98 Å². The molecule has 2 N–H and O–H groups in total. The third kappa shape index (κ3) is 2.59. The molecule has 1 aromatic heterocycles. The Labute approximate surface area is 90.0 Å². The third-order valence-corrected chi connectivity index (χ3v) is 2.66. The van der Waals surface area contributed by atoms with E-state index in [0.29, 0.717) is 11.8 Å². The standard InChI is InChI=1S/C11H17N3O/c1-14(8-10-3-2-6-15-10)11-5-4-9(12)7-13-11/h4-5,7,10H,2-3,6,8,12H2,1H3. The lowest BCUT2D eigenvalue weighted by atomic mass is 10.2. The fourth-order valence-electron chi connectivity index (χ4n) is 1.81. The summed E-state index contributed by atoms with van der Waals surface area (Å²) in [6.45, 7) is 1.80. The maximum atomic E-state index is 5.58. The van der Waals surface area contributed by atoms with E-state index in [2.05, 4.69) is 9.88 Å². The minimum absolute atomic E-state index is 0.356. The van der Waals surface area contributed by atoms with E-state index in [1.54, 1.807) is 6.20 Å². The molecule has 1 atom stereocenters.